The maximum absolute atomic E-state index is 11.2. The summed E-state index contributed by atoms with van der Waals surface area (Å²) in [5, 5.41) is 0. The summed E-state index contributed by atoms with van der Waals surface area (Å²) in [6, 6.07) is 1.45. The molecule has 1 aromatic heterocycles. The smallest absolute Gasteiger partial charge is 0.189 e. The molecule has 3 nitrogen and oxygen atoms in total. The van der Waals surface area contributed by atoms with Crippen molar-refractivity contribution in [3.63, 3.8) is 0 Å². The molecule has 0 fully saturated rings. The quantitative estimate of drug-likeness (QED) is 0.721. The van der Waals surface area contributed by atoms with Gasteiger partial charge in [-0.25, -0.2) is 0 Å². The fraction of sp³-hybridized carbons (Fsp3) is 0.375. The Kier molecular flexibility index (Phi) is 4.00. The number of aryl methyl sites for hydroxylation is 2. The summed E-state index contributed by atoms with van der Waals surface area (Å²) in [5.74, 6) is 1.25. The Balaban J connectivity index is 0.00000121. The number of hydrogen-bond acceptors (Lipinski definition) is 3. The lowest BCUT2D eigenvalue weighted by Crippen LogP contribution is -2.14. The molecule has 1 aromatic rings. The zero-order valence-electron chi connectivity index (χ0n) is 7.09. The maximum Gasteiger partial charge on any atom is 0.189 e. The predicted molar refractivity (Wildman–Crippen MR) is 49.6 cm³/mol. The van der Waals surface area contributed by atoms with Gasteiger partial charge in [0.2, 0.25) is 0 Å². The van der Waals surface area contributed by atoms with Gasteiger partial charge in [0.05, 0.1) is 5.56 Å². The van der Waals surface area contributed by atoms with Gasteiger partial charge in [-0.15, -0.1) is 12.4 Å². The largest absolute Gasteiger partial charge is 0.466 e. The van der Waals surface area contributed by atoms with Crippen molar-refractivity contribution >= 4 is 12.4 Å². The second kappa shape index (κ2) is 4.28. The second-order valence-electron chi connectivity index (χ2n) is 2.46. The number of hydrogen-bond donors (Lipinski definition) is 1. The highest BCUT2D eigenvalue weighted by molar-refractivity contribution is 5.85. The third-order valence-corrected chi connectivity index (χ3v) is 1.57. The van der Waals surface area contributed by atoms with E-state index in [0.29, 0.717) is 17.1 Å². The Morgan fingerprint density at radius 2 is 2.08 bits per heavy atom. The van der Waals surface area contributed by atoms with Gasteiger partial charge in [-0.05, 0) is 13.8 Å². The van der Waals surface area contributed by atoms with E-state index in [2.05, 4.69) is 0 Å². The normalized spacial score (nSPS) is 9.25. The van der Waals surface area contributed by atoms with Gasteiger partial charge < -0.3 is 10.2 Å². The molecule has 0 amide bonds. The Morgan fingerprint density at radius 3 is 2.50 bits per heavy atom. The van der Waals surface area contributed by atoms with E-state index in [4.69, 9.17) is 10.2 Å². The molecule has 1 rings (SSSR count). The molecule has 68 valence electrons. The van der Waals surface area contributed by atoms with E-state index < -0.39 is 0 Å². The highest BCUT2D eigenvalue weighted by Gasteiger charge is 2.03. The van der Waals surface area contributed by atoms with Crippen LogP contribution in [0.25, 0.3) is 0 Å². The summed E-state index contributed by atoms with van der Waals surface area (Å²) >= 11 is 0. The summed E-state index contributed by atoms with van der Waals surface area (Å²) in [6.45, 7) is 3.74. The molecule has 12 heavy (non-hydrogen) atoms. The van der Waals surface area contributed by atoms with Crippen LogP contribution >= 0.6 is 12.4 Å². The minimum atomic E-state index is -0.0336. The number of rotatable bonds is 1. The van der Waals surface area contributed by atoms with E-state index in [1.54, 1.807) is 13.8 Å². The van der Waals surface area contributed by atoms with Crippen molar-refractivity contribution in [3.8, 4) is 0 Å². The SMILES string of the molecule is Cc1cc(=O)c(CN)c(C)o1.Cl. The van der Waals surface area contributed by atoms with E-state index in [0.717, 1.165) is 0 Å². The molecule has 0 spiro atoms. The first-order valence-electron chi connectivity index (χ1n) is 3.45. The van der Waals surface area contributed by atoms with E-state index in [-0.39, 0.29) is 24.4 Å². The van der Waals surface area contributed by atoms with Crippen molar-refractivity contribution in [2.45, 2.75) is 20.4 Å². The van der Waals surface area contributed by atoms with Crippen molar-refractivity contribution in [1.29, 1.82) is 0 Å². The van der Waals surface area contributed by atoms with Gasteiger partial charge in [0.15, 0.2) is 5.43 Å². The molecule has 4 heteroatoms. The van der Waals surface area contributed by atoms with Gasteiger partial charge >= 0.3 is 0 Å². The fourth-order valence-electron chi connectivity index (χ4n) is 1.02. The average molecular weight is 190 g/mol. The average Bonchev–Trinajstić information content (AvgIpc) is 1.85. The molecule has 0 saturated carbocycles. The number of nitrogens with two attached hydrogens (primary N) is 1. The van der Waals surface area contributed by atoms with E-state index in [1.807, 2.05) is 0 Å². The van der Waals surface area contributed by atoms with Crippen LogP contribution in [0.3, 0.4) is 0 Å². The van der Waals surface area contributed by atoms with Crippen molar-refractivity contribution in [3.05, 3.63) is 33.4 Å². The van der Waals surface area contributed by atoms with Crippen LogP contribution in [0.15, 0.2) is 15.3 Å². The van der Waals surface area contributed by atoms with Crippen molar-refractivity contribution in [2.24, 2.45) is 5.73 Å². The Hall–Kier alpha value is -0.800. The van der Waals surface area contributed by atoms with Crippen LogP contribution < -0.4 is 11.2 Å². The van der Waals surface area contributed by atoms with Gasteiger partial charge in [0.1, 0.15) is 11.5 Å². The molecule has 0 unspecified atom stereocenters. The minimum absolute atomic E-state index is 0. The standard InChI is InChI=1S/C8H11NO2.ClH/c1-5-3-8(10)7(4-9)6(2)11-5;/h3H,4,9H2,1-2H3;1H. The van der Waals surface area contributed by atoms with Crippen LogP contribution in [0.4, 0.5) is 0 Å². The zero-order valence-corrected chi connectivity index (χ0v) is 7.90. The van der Waals surface area contributed by atoms with Gasteiger partial charge in [-0.3, -0.25) is 4.79 Å². The summed E-state index contributed by atoms with van der Waals surface area (Å²) in [6.07, 6.45) is 0. The third kappa shape index (κ3) is 2.09. The second-order valence-corrected chi connectivity index (χ2v) is 2.46. The molecule has 1 heterocycles. The van der Waals surface area contributed by atoms with Crippen LogP contribution in [0.5, 0.6) is 0 Å². The van der Waals surface area contributed by atoms with Crippen LogP contribution in [-0.2, 0) is 6.54 Å². The van der Waals surface area contributed by atoms with Crippen LogP contribution in [0, 0.1) is 13.8 Å². The Bertz CT molecular complexity index is 319. The Morgan fingerprint density at radius 1 is 1.50 bits per heavy atom. The zero-order chi connectivity index (χ0) is 8.43. The molecular weight excluding hydrogens is 178 g/mol. The van der Waals surface area contributed by atoms with Crippen molar-refractivity contribution < 1.29 is 4.42 Å². The first-order chi connectivity index (χ1) is 5.15. The lowest BCUT2D eigenvalue weighted by Gasteiger charge is -2.00. The van der Waals surface area contributed by atoms with E-state index in [1.165, 1.54) is 6.07 Å². The molecule has 0 aromatic carbocycles. The monoisotopic (exact) mass is 189 g/mol. The molecule has 0 bridgehead atoms. The van der Waals surface area contributed by atoms with Gasteiger partial charge in [0.25, 0.3) is 0 Å². The Labute approximate surface area is 77.0 Å². The molecule has 0 aliphatic heterocycles. The number of halogens is 1. The summed E-state index contributed by atoms with van der Waals surface area (Å²) < 4.78 is 5.20. The van der Waals surface area contributed by atoms with Crippen LogP contribution in [0.2, 0.25) is 0 Å². The maximum atomic E-state index is 11.2. The molecule has 0 atom stereocenters. The molecule has 0 radical (unpaired) electrons. The van der Waals surface area contributed by atoms with Gasteiger partial charge in [-0.1, -0.05) is 0 Å². The van der Waals surface area contributed by atoms with Crippen molar-refractivity contribution in [1.82, 2.24) is 0 Å². The third-order valence-electron chi connectivity index (χ3n) is 1.57. The van der Waals surface area contributed by atoms with Crippen molar-refractivity contribution in [2.75, 3.05) is 0 Å². The molecule has 0 saturated heterocycles. The highest BCUT2D eigenvalue weighted by atomic mass is 35.5. The van der Waals surface area contributed by atoms with Crippen LogP contribution in [0.1, 0.15) is 17.1 Å². The summed E-state index contributed by atoms with van der Waals surface area (Å²) in [7, 11) is 0. The first-order valence-corrected chi connectivity index (χ1v) is 3.45. The summed E-state index contributed by atoms with van der Waals surface area (Å²) in [5.41, 5.74) is 5.87. The van der Waals surface area contributed by atoms with E-state index >= 15 is 0 Å². The molecule has 2 N–H and O–H groups in total. The lowest BCUT2D eigenvalue weighted by atomic mass is 10.2. The highest BCUT2D eigenvalue weighted by Crippen LogP contribution is 2.03. The summed E-state index contributed by atoms with van der Waals surface area (Å²) in [4.78, 5) is 11.2. The van der Waals surface area contributed by atoms with Gasteiger partial charge in [0, 0.05) is 12.6 Å². The topological polar surface area (TPSA) is 56.2 Å². The van der Waals surface area contributed by atoms with E-state index in [9.17, 15) is 4.79 Å². The van der Waals surface area contributed by atoms with Gasteiger partial charge in [-0.2, -0.15) is 0 Å². The predicted octanol–water partition coefficient (Wildman–Crippen LogP) is 1.14. The molecule has 0 aliphatic rings. The first kappa shape index (κ1) is 11.2. The lowest BCUT2D eigenvalue weighted by molar-refractivity contribution is 0.476. The van der Waals surface area contributed by atoms with Crippen LogP contribution in [-0.4, -0.2) is 0 Å². The minimum Gasteiger partial charge on any atom is -0.466 e. The fourth-order valence-corrected chi connectivity index (χ4v) is 1.02. The molecular formula is C8H12ClNO2. The molecule has 0 aliphatic carbocycles.